The zero-order valence-electron chi connectivity index (χ0n) is 23.4. The van der Waals surface area contributed by atoms with E-state index in [1.165, 1.54) is 60.1 Å². The number of para-hydroxylation sites is 1. The maximum atomic E-state index is 6.77. The van der Waals surface area contributed by atoms with Crippen molar-refractivity contribution in [1.82, 2.24) is 0 Å². The van der Waals surface area contributed by atoms with Gasteiger partial charge in [0.05, 0.1) is 0 Å². The molecule has 0 unspecified atom stereocenters. The highest BCUT2D eigenvalue weighted by Crippen LogP contribution is 2.48. The molecule has 0 radical (unpaired) electrons. The third kappa shape index (κ3) is 3.58. The van der Waals surface area contributed by atoms with Crippen molar-refractivity contribution in [3.05, 3.63) is 158 Å². The topological polar surface area (TPSA) is 13.1 Å². The zero-order chi connectivity index (χ0) is 28.3. The van der Waals surface area contributed by atoms with Crippen molar-refractivity contribution in [3.63, 3.8) is 0 Å². The van der Waals surface area contributed by atoms with Crippen molar-refractivity contribution in [3.8, 4) is 33.4 Å². The van der Waals surface area contributed by atoms with Gasteiger partial charge in [-0.05, 0) is 72.3 Å². The summed E-state index contributed by atoms with van der Waals surface area (Å²) < 4.78 is 6.77. The second-order valence-corrected chi connectivity index (χ2v) is 11.2. The third-order valence-corrected chi connectivity index (χ3v) is 8.87. The van der Waals surface area contributed by atoms with Crippen molar-refractivity contribution < 1.29 is 4.42 Å². The van der Waals surface area contributed by atoms with Crippen molar-refractivity contribution in [2.75, 3.05) is 0 Å². The van der Waals surface area contributed by atoms with Gasteiger partial charge in [0.15, 0.2) is 0 Å². The lowest BCUT2D eigenvalue weighted by Gasteiger charge is -2.19. The molecule has 43 heavy (non-hydrogen) atoms. The highest BCUT2D eigenvalue weighted by Gasteiger charge is 2.22. The van der Waals surface area contributed by atoms with E-state index >= 15 is 0 Å². The molecule has 0 bridgehead atoms. The molecule has 0 aliphatic heterocycles. The van der Waals surface area contributed by atoms with E-state index in [1.54, 1.807) is 0 Å². The second kappa shape index (κ2) is 9.44. The first-order chi connectivity index (χ1) is 21.4. The molecule has 0 fully saturated rings. The SMILES string of the molecule is c1ccc(-c2c3ccccc3c(-c3ccc(-c4cccc5ccccc45)c4oc5ccccc5c34)c3ccccc23)cc1. The molecule has 0 N–H and O–H groups in total. The van der Waals surface area contributed by atoms with E-state index in [2.05, 4.69) is 158 Å². The summed E-state index contributed by atoms with van der Waals surface area (Å²) in [6, 6.07) is 56.6. The molecule has 0 saturated carbocycles. The normalized spacial score (nSPS) is 11.7. The maximum absolute atomic E-state index is 6.77. The van der Waals surface area contributed by atoms with Crippen LogP contribution in [0.3, 0.4) is 0 Å². The Morgan fingerprint density at radius 2 is 0.860 bits per heavy atom. The largest absolute Gasteiger partial charge is 0.455 e. The summed E-state index contributed by atoms with van der Waals surface area (Å²) in [7, 11) is 0. The lowest BCUT2D eigenvalue weighted by atomic mass is 9.84. The van der Waals surface area contributed by atoms with Crippen molar-refractivity contribution in [1.29, 1.82) is 0 Å². The van der Waals surface area contributed by atoms with Gasteiger partial charge in [0.25, 0.3) is 0 Å². The summed E-state index contributed by atoms with van der Waals surface area (Å²) in [5.41, 5.74) is 9.06. The van der Waals surface area contributed by atoms with Gasteiger partial charge in [0.1, 0.15) is 11.2 Å². The Morgan fingerprint density at radius 1 is 0.326 bits per heavy atom. The Balaban J connectivity index is 1.45. The van der Waals surface area contributed by atoms with Gasteiger partial charge in [-0.2, -0.15) is 0 Å². The smallest absolute Gasteiger partial charge is 0.143 e. The molecule has 1 heteroatoms. The van der Waals surface area contributed by atoms with Gasteiger partial charge in [-0.15, -0.1) is 0 Å². The molecule has 9 rings (SSSR count). The van der Waals surface area contributed by atoms with Crippen LogP contribution < -0.4 is 0 Å². The highest BCUT2D eigenvalue weighted by atomic mass is 16.3. The number of benzene rings is 8. The summed E-state index contributed by atoms with van der Waals surface area (Å²) in [6.45, 7) is 0. The van der Waals surface area contributed by atoms with Crippen LogP contribution in [0, 0.1) is 0 Å². The van der Waals surface area contributed by atoms with Crippen molar-refractivity contribution in [2.45, 2.75) is 0 Å². The van der Waals surface area contributed by atoms with Crippen LogP contribution >= 0.6 is 0 Å². The predicted molar refractivity (Wildman–Crippen MR) is 183 cm³/mol. The summed E-state index contributed by atoms with van der Waals surface area (Å²) in [4.78, 5) is 0. The van der Waals surface area contributed by atoms with E-state index in [9.17, 15) is 0 Å². The lowest BCUT2D eigenvalue weighted by molar-refractivity contribution is 0.670. The van der Waals surface area contributed by atoms with E-state index in [0.29, 0.717) is 0 Å². The molecule has 0 atom stereocenters. The van der Waals surface area contributed by atoms with Gasteiger partial charge in [-0.1, -0.05) is 146 Å². The monoisotopic (exact) mass is 546 g/mol. The molecule has 9 aromatic rings. The van der Waals surface area contributed by atoms with Gasteiger partial charge >= 0.3 is 0 Å². The van der Waals surface area contributed by atoms with Crippen LogP contribution in [-0.2, 0) is 0 Å². The second-order valence-electron chi connectivity index (χ2n) is 11.2. The average Bonchev–Trinajstić information content (AvgIpc) is 3.47. The fourth-order valence-electron chi connectivity index (χ4n) is 7.04. The predicted octanol–water partition coefficient (Wildman–Crippen LogP) is 12.0. The van der Waals surface area contributed by atoms with E-state index in [1.807, 2.05) is 0 Å². The van der Waals surface area contributed by atoms with Gasteiger partial charge in [0.2, 0.25) is 0 Å². The number of furan rings is 1. The van der Waals surface area contributed by atoms with Gasteiger partial charge in [0, 0.05) is 16.3 Å². The van der Waals surface area contributed by atoms with Crippen LogP contribution in [-0.4, -0.2) is 0 Å². The molecule has 0 spiro atoms. The molecule has 0 saturated heterocycles. The lowest BCUT2D eigenvalue weighted by Crippen LogP contribution is -1.92. The van der Waals surface area contributed by atoms with Gasteiger partial charge in [-0.25, -0.2) is 0 Å². The molecule has 8 aromatic carbocycles. The summed E-state index contributed by atoms with van der Waals surface area (Å²) in [5, 5.41) is 9.72. The first-order valence-corrected chi connectivity index (χ1v) is 14.8. The summed E-state index contributed by atoms with van der Waals surface area (Å²) >= 11 is 0. The van der Waals surface area contributed by atoms with E-state index in [-0.39, 0.29) is 0 Å². The number of hydrogen-bond donors (Lipinski definition) is 0. The number of rotatable bonds is 3. The average molecular weight is 547 g/mol. The fraction of sp³-hybridized carbons (Fsp3) is 0. The number of fused-ring (bicyclic) bond motifs is 6. The van der Waals surface area contributed by atoms with Crippen molar-refractivity contribution in [2.24, 2.45) is 0 Å². The first kappa shape index (κ1) is 24.0. The Hall–Kier alpha value is -5.66. The third-order valence-electron chi connectivity index (χ3n) is 8.87. The van der Waals surface area contributed by atoms with Crippen LogP contribution in [0.4, 0.5) is 0 Å². The molecule has 200 valence electrons. The minimum absolute atomic E-state index is 0.904. The Morgan fingerprint density at radius 3 is 1.58 bits per heavy atom. The highest BCUT2D eigenvalue weighted by molar-refractivity contribution is 6.27. The number of hydrogen-bond acceptors (Lipinski definition) is 1. The van der Waals surface area contributed by atoms with Crippen molar-refractivity contribution >= 4 is 54.3 Å². The van der Waals surface area contributed by atoms with Crippen LogP contribution in [0.5, 0.6) is 0 Å². The Kier molecular flexibility index (Phi) is 5.27. The Labute approximate surface area is 249 Å². The quantitative estimate of drug-likeness (QED) is 0.201. The van der Waals surface area contributed by atoms with Crippen LogP contribution in [0.1, 0.15) is 0 Å². The van der Waals surface area contributed by atoms with E-state index in [0.717, 1.165) is 27.5 Å². The minimum atomic E-state index is 0.904. The molecule has 0 amide bonds. The molecular formula is C42H26O. The fourth-order valence-corrected chi connectivity index (χ4v) is 7.04. The zero-order valence-corrected chi connectivity index (χ0v) is 23.4. The molecule has 0 aliphatic carbocycles. The molecule has 1 nitrogen and oxygen atoms in total. The van der Waals surface area contributed by atoms with Gasteiger partial charge in [-0.3, -0.25) is 0 Å². The summed E-state index contributed by atoms with van der Waals surface area (Å²) in [6.07, 6.45) is 0. The maximum Gasteiger partial charge on any atom is 0.143 e. The summed E-state index contributed by atoms with van der Waals surface area (Å²) in [5.74, 6) is 0. The van der Waals surface area contributed by atoms with Gasteiger partial charge < -0.3 is 4.42 Å². The van der Waals surface area contributed by atoms with E-state index in [4.69, 9.17) is 4.42 Å². The Bertz CT molecular complexity index is 2440. The molecule has 1 aromatic heterocycles. The van der Waals surface area contributed by atoms with Crippen LogP contribution in [0.15, 0.2) is 162 Å². The first-order valence-electron chi connectivity index (χ1n) is 14.8. The standard InChI is InChI=1S/C42H26O/c1-2-14-28(15-3-1)39-31-18-6-8-20-33(31)40(34-21-9-7-19-32(34)39)37-26-25-35(30-23-12-16-27-13-4-5-17-29(27)30)42-41(37)36-22-10-11-24-38(36)43-42/h1-26H. The van der Waals surface area contributed by atoms with Crippen LogP contribution in [0.25, 0.3) is 87.6 Å². The van der Waals surface area contributed by atoms with E-state index < -0.39 is 0 Å². The van der Waals surface area contributed by atoms with Crippen LogP contribution in [0.2, 0.25) is 0 Å². The molecule has 1 heterocycles. The molecular weight excluding hydrogens is 520 g/mol. The molecule has 0 aliphatic rings. The minimum Gasteiger partial charge on any atom is -0.455 e.